The van der Waals surface area contributed by atoms with E-state index in [4.69, 9.17) is 10.8 Å². The van der Waals surface area contributed by atoms with Gasteiger partial charge in [0.05, 0.1) is 0 Å². The summed E-state index contributed by atoms with van der Waals surface area (Å²) in [5.41, 5.74) is 6.35. The number of hydrogen-bond donors (Lipinski definition) is 2. The van der Waals surface area contributed by atoms with E-state index in [0.29, 0.717) is 18.7 Å². The van der Waals surface area contributed by atoms with Crippen LogP contribution in [0.2, 0.25) is 0 Å². The highest BCUT2D eigenvalue weighted by Crippen LogP contribution is 2.08. The summed E-state index contributed by atoms with van der Waals surface area (Å²) >= 11 is 0. The lowest BCUT2D eigenvalue weighted by Crippen LogP contribution is -2.00. The fourth-order valence-corrected chi connectivity index (χ4v) is 0.991. The van der Waals surface area contributed by atoms with Crippen LogP contribution in [0.3, 0.4) is 0 Å². The van der Waals surface area contributed by atoms with Crippen LogP contribution < -0.4 is 5.73 Å². The second-order valence-electron chi connectivity index (χ2n) is 2.68. The molecule has 1 aromatic rings. The number of nitrogens with two attached hydrogens (primary N) is 1. The van der Waals surface area contributed by atoms with Gasteiger partial charge in [-0.15, -0.1) is 0 Å². The maximum atomic E-state index is 10.2. The summed E-state index contributed by atoms with van der Waals surface area (Å²) in [6.07, 6.45) is 4.31. The monoisotopic (exact) mass is 181 g/mol. The lowest BCUT2D eigenvalue weighted by molar-refractivity contribution is -0.137. The molecule has 0 saturated carbocycles. The molecule has 1 aromatic heterocycles. The summed E-state index contributed by atoms with van der Waals surface area (Å²) in [5.74, 6) is -0.365. The Morgan fingerprint density at radius 1 is 1.62 bits per heavy atom. The molecule has 0 aliphatic rings. The van der Waals surface area contributed by atoms with Gasteiger partial charge in [-0.2, -0.15) is 0 Å². The van der Waals surface area contributed by atoms with Crippen molar-refractivity contribution in [2.75, 3.05) is 5.73 Å². The van der Waals surface area contributed by atoms with Crippen molar-refractivity contribution in [3.8, 4) is 0 Å². The number of aryl methyl sites for hydroxylation is 1. The number of rotatable bonds is 4. The van der Waals surface area contributed by atoms with Gasteiger partial charge < -0.3 is 10.8 Å². The van der Waals surface area contributed by atoms with E-state index in [1.54, 1.807) is 6.20 Å². The lowest BCUT2D eigenvalue weighted by atomic mass is 10.1. The highest BCUT2D eigenvalue weighted by Gasteiger charge is 2.01. The van der Waals surface area contributed by atoms with Gasteiger partial charge in [0, 0.05) is 18.2 Å². The van der Waals surface area contributed by atoms with Crippen molar-refractivity contribution in [1.29, 1.82) is 0 Å². The predicted octanol–water partition coefficient (Wildman–Crippen LogP) is 0.466. The van der Waals surface area contributed by atoms with Gasteiger partial charge in [0.25, 0.3) is 0 Å². The van der Waals surface area contributed by atoms with Crippen LogP contribution in [-0.2, 0) is 11.2 Å². The molecule has 1 rings (SSSR count). The Hall–Kier alpha value is -1.65. The van der Waals surface area contributed by atoms with E-state index < -0.39 is 5.97 Å². The zero-order chi connectivity index (χ0) is 9.68. The van der Waals surface area contributed by atoms with Gasteiger partial charge in [-0.3, -0.25) is 4.79 Å². The first-order valence-electron chi connectivity index (χ1n) is 3.96. The molecule has 0 atom stereocenters. The number of nitrogen functional groups attached to an aromatic ring is 1. The highest BCUT2D eigenvalue weighted by atomic mass is 16.4. The van der Waals surface area contributed by atoms with Crippen LogP contribution in [0.25, 0.3) is 0 Å². The Morgan fingerprint density at radius 2 is 2.38 bits per heavy atom. The fraction of sp³-hybridized carbons (Fsp3) is 0.375. The average Bonchev–Trinajstić information content (AvgIpc) is 2.08. The molecule has 0 aliphatic carbocycles. The lowest BCUT2D eigenvalue weighted by Gasteiger charge is -2.01. The summed E-state index contributed by atoms with van der Waals surface area (Å²) in [6, 6.07) is 0. The normalized spacial score (nSPS) is 9.85. The molecule has 13 heavy (non-hydrogen) atoms. The molecule has 3 N–H and O–H groups in total. The maximum Gasteiger partial charge on any atom is 0.303 e. The maximum absolute atomic E-state index is 10.2. The first-order valence-corrected chi connectivity index (χ1v) is 3.96. The van der Waals surface area contributed by atoms with Crippen molar-refractivity contribution in [2.24, 2.45) is 0 Å². The molecule has 0 aliphatic heterocycles. The predicted molar refractivity (Wildman–Crippen MR) is 47.0 cm³/mol. The SMILES string of the molecule is Nc1ncncc1CCCC(=O)O. The minimum Gasteiger partial charge on any atom is -0.481 e. The molecular formula is C8H11N3O2. The fourth-order valence-electron chi connectivity index (χ4n) is 0.991. The Kier molecular flexibility index (Phi) is 3.19. The van der Waals surface area contributed by atoms with E-state index in [1.165, 1.54) is 6.33 Å². The Balaban J connectivity index is 2.45. The molecule has 0 amide bonds. The quantitative estimate of drug-likeness (QED) is 0.704. The summed E-state index contributed by atoms with van der Waals surface area (Å²) in [5, 5.41) is 8.40. The van der Waals surface area contributed by atoms with Crippen molar-refractivity contribution in [3.63, 3.8) is 0 Å². The van der Waals surface area contributed by atoms with E-state index >= 15 is 0 Å². The van der Waals surface area contributed by atoms with Crippen LogP contribution >= 0.6 is 0 Å². The summed E-state index contributed by atoms with van der Waals surface area (Å²) in [4.78, 5) is 17.8. The first kappa shape index (κ1) is 9.44. The molecule has 0 unspecified atom stereocenters. The topological polar surface area (TPSA) is 89.1 Å². The average molecular weight is 181 g/mol. The number of nitrogens with zero attached hydrogens (tertiary/aromatic N) is 2. The molecule has 0 fully saturated rings. The van der Waals surface area contributed by atoms with Gasteiger partial charge >= 0.3 is 5.97 Å². The third-order valence-corrected chi connectivity index (χ3v) is 1.66. The second kappa shape index (κ2) is 4.39. The highest BCUT2D eigenvalue weighted by molar-refractivity contribution is 5.66. The number of carboxylic acid groups (broad SMARTS) is 1. The minimum atomic E-state index is -0.796. The van der Waals surface area contributed by atoms with Crippen molar-refractivity contribution < 1.29 is 9.90 Å². The largest absolute Gasteiger partial charge is 0.481 e. The first-order chi connectivity index (χ1) is 6.20. The van der Waals surface area contributed by atoms with Crippen LogP contribution in [0.4, 0.5) is 5.82 Å². The van der Waals surface area contributed by atoms with Crippen LogP contribution in [0.1, 0.15) is 18.4 Å². The molecular weight excluding hydrogens is 170 g/mol. The number of carbonyl (C=O) groups is 1. The number of carboxylic acids is 1. The number of aromatic nitrogens is 2. The standard InChI is InChI=1S/C8H11N3O2/c9-8-6(4-10-5-11-8)2-1-3-7(12)13/h4-5H,1-3H2,(H,12,13)(H2,9,10,11). The second-order valence-corrected chi connectivity index (χ2v) is 2.68. The molecule has 0 radical (unpaired) electrons. The molecule has 0 bridgehead atoms. The van der Waals surface area contributed by atoms with E-state index in [1.807, 2.05) is 0 Å². The third-order valence-electron chi connectivity index (χ3n) is 1.66. The summed E-state index contributed by atoms with van der Waals surface area (Å²) in [6.45, 7) is 0. The molecule has 70 valence electrons. The third kappa shape index (κ3) is 3.06. The number of anilines is 1. The molecule has 0 saturated heterocycles. The number of aliphatic carboxylic acids is 1. The zero-order valence-corrected chi connectivity index (χ0v) is 7.10. The molecule has 1 heterocycles. The van der Waals surface area contributed by atoms with E-state index in [0.717, 1.165) is 5.56 Å². The van der Waals surface area contributed by atoms with E-state index in [2.05, 4.69) is 9.97 Å². The molecule has 0 spiro atoms. The Morgan fingerprint density at radius 3 is 3.00 bits per heavy atom. The van der Waals surface area contributed by atoms with Crippen molar-refractivity contribution in [1.82, 2.24) is 9.97 Å². The van der Waals surface area contributed by atoms with Gasteiger partial charge in [0.1, 0.15) is 12.1 Å². The molecule has 5 nitrogen and oxygen atoms in total. The van der Waals surface area contributed by atoms with Crippen molar-refractivity contribution in [2.45, 2.75) is 19.3 Å². The Bertz CT molecular complexity index is 301. The van der Waals surface area contributed by atoms with Crippen molar-refractivity contribution in [3.05, 3.63) is 18.1 Å². The Labute approximate surface area is 75.6 Å². The van der Waals surface area contributed by atoms with E-state index in [-0.39, 0.29) is 6.42 Å². The molecule has 0 aromatic carbocycles. The summed E-state index contributed by atoms with van der Waals surface area (Å²) in [7, 11) is 0. The summed E-state index contributed by atoms with van der Waals surface area (Å²) < 4.78 is 0. The zero-order valence-electron chi connectivity index (χ0n) is 7.10. The van der Waals surface area contributed by atoms with E-state index in [9.17, 15) is 4.79 Å². The van der Waals surface area contributed by atoms with Gasteiger partial charge in [-0.25, -0.2) is 9.97 Å². The van der Waals surface area contributed by atoms with Gasteiger partial charge in [0.2, 0.25) is 0 Å². The van der Waals surface area contributed by atoms with Crippen LogP contribution in [0, 0.1) is 0 Å². The van der Waals surface area contributed by atoms with Gasteiger partial charge in [0.15, 0.2) is 0 Å². The smallest absolute Gasteiger partial charge is 0.303 e. The van der Waals surface area contributed by atoms with Crippen LogP contribution in [0.15, 0.2) is 12.5 Å². The molecule has 5 heteroatoms. The van der Waals surface area contributed by atoms with Crippen molar-refractivity contribution >= 4 is 11.8 Å². The minimum absolute atomic E-state index is 0.147. The van der Waals surface area contributed by atoms with Gasteiger partial charge in [-0.1, -0.05) is 0 Å². The van der Waals surface area contributed by atoms with Crippen LogP contribution in [-0.4, -0.2) is 21.0 Å². The van der Waals surface area contributed by atoms with Gasteiger partial charge in [-0.05, 0) is 12.8 Å². The van der Waals surface area contributed by atoms with Crippen LogP contribution in [0.5, 0.6) is 0 Å². The number of hydrogen-bond acceptors (Lipinski definition) is 4.